The molecule has 0 spiro atoms. The number of nitrogens with zero attached hydrogens (tertiary/aromatic N) is 2. The van der Waals surface area contributed by atoms with Crippen molar-refractivity contribution < 1.29 is 14.5 Å². The Morgan fingerprint density at radius 3 is 2.79 bits per heavy atom. The van der Waals surface area contributed by atoms with Gasteiger partial charge in [-0.15, -0.1) is 0 Å². The smallest absolute Gasteiger partial charge is 0.288 e. The summed E-state index contributed by atoms with van der Waals surface area (Å²) in [4.78, 5) is 34.5. The van der Waals surface area contributed by atoms with E-state index in [1.165, 1.54) is 18.2 Å². The first-order valence-corrected chi connectivity index (χ1v) is 6.47. The Kier molecular flexibility index (Phi) is 3.70. The fraction of sp³-hybridized carbons (Fsp3) is 0.273. The van der Waals surface area contributed by atoms with Crippen LogP contribution in [0.25, 0.3) is 0 Å². The summed E-state index contributed by atoms with van der Waals surface area (Å²) in [6, 6.07) is 3.97. The summed E-state index contributed by atoms with van der Waals surface area (Å²) >= 11 is 1.06. The molecule has 1 heterocycles. The third kappa shape index (κ3) is 2.84. The second-order valence-corrected chi connectivity index (χ2v) is 5.03. The van der Waals surface area contributed by atoms with E-state index in [-0.39, 0.29) is 29.8 Å². The van der Waals surface area contributed by atoms with E-state index >= 15 is 0 Å². The number of imide groups is 1. The van der Waals surface area contributed by atoms with Crippen LogP contribution in [-0.2, 0) is 11.3 Å². The largest absolute Gasteiger partial charge is 0.398 e. The molecule has 0 bridgehead atoms. The van der Waals surface area contributed by atoms with Crippen molar-refractivity contribution >= 4 is 34.3 Å². The summed E-state index contributed by atoms with van der Waals surface area (Å²) in [6.45, 7) is -0.0296. The van der Waals surface area contributed by atoms with E-state index in [1.54, 1.807) is 0 Å². The molecule has 0 aromatic heterocycles. The minimum absolute atomic E-state index is 0.0296. The van der Waals surface area contributed by atoms with Crippen LogP contribution < -0.4 is 5.73 Å². The van der Waals surface area contributed by atoms with Crippen LogP contribution in [0.4, 0.5) is 16.2 Å². The van der Waals surface area contributed by atoms with Crippen LogP contribution in [0.15, 0.2) is 18.2 Å². The van der Waals surface area contributed by atoms with Crippen molar-refractivity contribution in [1.82, 2.24) is 4.90 Å². The summed E-state index contributed by atoms with van der Waals surface area (Å²) < 4.78 is 0. The normalized spacial score (nSPS) is 15.7. The molecule has 100 valence electrons. The summed E-state index contributed by atoms with van der Waals surface area (Å²) in [5.74, 6) is 0.188. The number of hydrogen-bond acceptors (Lipinski definition) is 6. The van der Waals surface area contributed by atoms with Gasteiger partial charge < -0.3 is 5.73 Å². The van der Waals surface area contributed by atoms with Gasteiger partial charge in [0.1, 0.15) is 0 Å². The van der Waals surface area contributed by atoms with Gasteiger partial charge in [-0.2, -0.15) is 0 Å². The third-order valence-electron chi connectivity index (χ3n) is 2.73. The quantitative estimate of drug-likeness (QED) is 0.514. The predicted octanol–water partition coefficient (Wildman–Crippen LogP) is 1.76. The predicted molar refractivity (Wildman–Crippen MR) is 70.5 cm³/mol. The highest BCUT2D eigenvalue weighted by Crippen LogP contribution is 2.25. The molecule has 1 aromatic rings. The lowest BCUT2D eigenvalue weighted by molar-refractivity contribution is -0.384. The molecule has 1 aliphatic rings. The first kappa shape index (κ1) is 13.3. The molecule has 1 aliphatic heterocycles. The second-order valence-electron chi connectivity index (χ2n) is 3.98. The zero-order valence-corrected chi connectivity index (χ0v) is 10.7. The molecule has 8 heteroatoms. The van der Waals surface area contributed by atoms with Gasteiger partial charge in [0.2, 0.25) is 5.91 Å². The van der Waals surface area contributed by atoms with Gasteiger partial charge in [-0.05, 0) is 6.07 Å². The zero-order valence-electron chi connectivity index (χ0n) is 9.87. The highest BCUT2D eigenvalue weighted by Gasteiger charge is 2.27. The lowest BCUT2D eigenvalue weighted by Crippen LogP contribution is -2.37. The lowest BCUT2D eigenvalue weighted by atomic mass is 10.1. The highest BCUT2D eigenvalue weighted by atomic mass is 32.2. The number of non-ortho nitro benzene ring substituents is 1. The number of amides is 2. The molecular weight excluding hydrogens is 270 g/mol. The molecule has 1 aromatic carbocycles. The standard InChI is InChI=1S/C11H11N3O4S/c12-9-2-1-8(14(17)18)5-7(9)6-13-10(15)3-4-19-11(13)16/h1-2,5H,3-4,6,12H2. The van der Waals surface area contributed by atoms with Gasteiger partial charge in [0.15, 0.2) is 0 Å². The summed E-state index contributed by atoms with van der Waals surface area (Å²) in [5.41, 5.74) is 6.32. The van der Waals surface area contributed by atoms with E-state index in [0.717, 1.165) is 16.7 Å². The Morgan fingerprint density at radius 2 is 2.16 bits per heavy atom. The molecule has 0 saturated carbocycles. The number of carbonyl (C=O) groups is 2. The molecule has 0 atom stereocenters. The number of benzene rings is 1. The first-order valence-electron chi connectivity index (χ1n) is 5.49. The van der Waals surface area contributed by atoms with Gasteiger partial charge in [-0.25, -0.2) is 0 Å². The van der Waals surface area contributed by atoms with E-state index in [2.05, 4.69) is 0 Å². The molecule has 1 fully saturated rings. The average molecular weight is 281 g/mol. The number of carbonyl (C=O) groups excluding carboxylic acids is 2. The first-order chi connectivity index (χ1) is 8.99. The van der Waals surface area contributed by atoms with Gasteiger partial charge in [-0.3, -0.25) is 24.6 Å². The molecule has 2 rings (SSSR count). The Morgan fingerprint density at radius 1 is 1.42 bits per heavy atom. The Hall–Kier alpha value is -2.09. The zero-order chi connectivity index (χ0) is 14.0. The molecular formula is C11H11N3O4S. The highest BCUT2D eigenvalue weighted by molar-refractivity contribution is 8.13. The van der Waals surface area contributed by atoms with Crippen LogP contribution in [0.1, 0.15) is 12.0 Å². The van der Waals surface area contributed by atoms with Gasteiger partial charge >= 0.3 is 0 Å². The van der Waals surface area contributed by atoms with Crippen molar-refractivity contribution in [2.45, 2.75) is 13.0 Å². The fourth-order valence-electron chi connectivity index (χ4n) is 1.71. The van der Waals surface area contributed by atoms with Crippen molar-refractivity contribution in [1.29, 1.82) is 0 Å². The minimum atomic E-state index is -0.544. The Balaban J connectivity index is 2.27. The van der Waals surface area contributed by atoms with E-state index in [9.17, 15) is 19.7 Å². The lowest BCUT2D eigenvalue weighted by Gasteiger charge is -2.24. The molecule has 19 heavy (non-hydrogen) atoms. The monoisotopic (exact) mass is 281 g/mol. The van der Waals surface area contributed by atoms with Gasteiger partial charge in [0.25, 0.3) is 10.9 Å². The average Bonchev–Trinajstić information content (AvgIpc) is 2.35. The molecule has 0 unspecified atom stereocenters. The maximum Gasteiger partial charge on any atom is 0.288 e. The molecule has 0 aliphatic carbocycles. The van der Waals surface area contributed by atoms with Crippen molar-refractivity contribution in [3.8, 4) is 0 Å². The number of nitrogens with two attached hydrogens (primary N) is 1. The van der Waals surface area contributed by atoms with Crippen LogP contribution in [0, 0.1) is 10.1 Å². The van der Waals surface area contributed by atoms with Crippen LogP contribution in [0.2, 0.25) is 0 Å². The minimum Gasteiger partial charge on any atom is -0.398 e. The van der Waals surface area contributed by atoms with Crippen molar-refractivity contribution in [2.24, 2.45) is 0 Å². The number of hydrogen-bond donors (Lipinski definition) is 1. The maximum atomic E-state index is 11.7. The topological polar surface area (TPSA) is 107 Å². The van der Waals surface area contributed by atoms with Gasteiger partial charge in [0, 0.05) is 35.6 Å². The van der Waals surface area contributed by atoms with Crippen LogP contribution in [-0.4, -0.2) is 26.7 Å². The van der Waals surface area contributed by atoms with Gasteiger partial charge in [-0.1, -0.05) is 11.8 Å². The van der Waals surface area contributed by atoms with Crippen molar-refractivity contribution in [3.05, 3.63) is 33.9 Å². The molecule has 2 amide bonds. The molecule has 7 nitrogen and oxygen atoms in total. The summed E-state index contributed by atoms with van der Waals surface area (Å²) in [6.07, 6.45) is 0.283. The van der Waals surface area contributed by atoms with Crippen molar-refractivity contribution in [3.63, 3.8) is 0 Å². The van der Waals surface area contributed by atoms with Crippen molar-refractivity contribution in [2.75, 3.05) is 11.5 Å². The van der Waals surface area contributed by atoms with E-state index in [4.69, 9.17) is 5.73 Å². The number of nitrogen functional groups attached to an aromatic ring is 1. The number of anilines is 1. The van der Waals surface area contributed by atoms with Crippen LogP contribution in [0.3, 0.4) is 0 Å². The van der Waals surface area contributed by atoms with Crippen LogP contribution in [0.5, 0.6) is 0 Å². The van der Waals surface area contributed by atoms with E-state index in [0.29, 0.717) is 17.0 Å². The second kappa shape index (κ2) is 5.27. The molecule has 1 saturated heterocycles. The summed E-state index contributed by atoms with van der Waals surface area (Å²) in [7, 11) is 0. The van der Waals surface area contributed by atoms with E-state index < -0.39 is 4.92 Å². The summed E-state index contributed by atoms with van der Waals surface area (Å²) in [5, 5.41) is 10.4. The fourth-order valence-corrected chi connectivity index (χ4v) is 2.48. The number of nitro groups is 1. The maximum absolute atomic E-state index is 11.7. The SMILES string of the molecule is Nc1ccc([N+](=O)[O-])cc1CN1C(=O)CCSC1=O. The third-order valence-corrected chi connectivity index (χ3v) is 3.60. The number of nitro benzene ring substituents is 1. The molecule has 0 radical (unpaired) electrons. The van der Waals surface area contributed by atoms with Crippen LogP contribution >= 0.6 is 11.8 Å². The molecule has 2 N–H and O–H groups in total. The number of rotatable bonds is 3. The van der Waals surface area contributed by atoms with Gasteiger partial charge in [0.05, 0.1) is 11.5 Å². The Labute approximate surface area is 112 Å². The Bertz CT molecular complexity index is 545. The number of thioether (sulfide) groups is 1. The van der Waals surface area contributed by atoms with E-state index in [1.807, 2.05) is 0 Å².